The molecule has 104 valence electrons. The van der Waals surface area contributed by atoms with Gasteiger partial charge in [-0.05, 0) is 5.92 Å². The van der Waals surface area contributed by atoms with Crippen molar-refractivity contribution in [3.05, 3.63) is 13.2 Å². The Balaban J connectivity index is -0.0000000426. The molecule has 0 N–H and O–H groups in total. The Morgan fingerprint density at radius 2 is 0.938 bits per heavy atom. The van der Waals surface area contributed by atoms with Gasteiger partial charge in [-0.2, -0.15) is 0 Å². The van der Waals surface area contributed by atoms with Gasteiger partial charge in [-0.1, -0.05) is 88.0 Å². The van der Waals surface area contributed by atoms with Crippen LogP contribution in [-0.4, -0.2) is 0 Å². The third-order valence-electron chi connectivity index (χ3n) is 1.85. The Labute approximate surface area is 108 Å². The predicted octanol–water partition coefficient (Wildman–Crippen LogP) is 7.10. The molecule has 16 heavy (non-hydrogen) atoms. The molecule has 0 amide bonds. The van der Waals surface area contributed by atoms with Crippen molar-refractivity contribution in [1.29, 1.82) is 0 Å². The summed E-state index contributed by atoms with van der Waals surface area (Å²) in [6, 6.07) is 0. The summed E-state index contributed by atoms with van der Waals surface area (Å²) < 4.78 is 0. The van der Waals surface area contributed by atoms with E-state index in [9.17, 15) is 0 Å². The van der Waals surface area contributed by atoms with E-state index in [0.717, 1.165) is 5.92 Å². The lowest BCUT2D eigenvalue weighted by Crippen LogP contribution is -1.94. The maximum atomic E-state index is 3.00. The highest BCUT2D eigenvalue weighted by atomic mass is 14.0. The van der Waals surface area contributed by atoms with Gasteiger partial charge in [0.15, 0.2) is 0 Å². The molecule has 0 aliphatic carbocycles. The first-order valence-electron chi connectivity index (χ1n) is 7.35. The molecule has 0 unspecified atom stereocenters. The number of rotatable bonds is 4. The normalized spacial score (nSPS) is 6.62. The molecule has 0 aromatic heterocycles. The van der Waals surface area contributed by atoms with Crippen LogP contribution in [0.3, 0.4) is 0 Å². The van der Waals surface area contributed by atoms with Crippen LogP contribution < -0.4 is 0 Å². The fraction of sp³-hybridized carbons (Fsp3) is 0.875. The smallest absolute Gasteiger partial charge is 0.0420 e. The summed E-state index contributed by atoms with van der Waals surface area (Å²) in [4.78, 5) is 0. The molecule has 0 radical (unpaired) electrons. The maximum absolute atomic E-state index is 3.00. The van der Waals surface area contributed by atoms with Gasteiger partial charge in [-0.3, -0.25) is 0 Å². The minimum atomic E-state index is 1.000. The molecular weight excluding hydrogens is 192 g/mol. The van der Waals surface area contributed by atoms with Crippen LogP contribution in [0.1, 0.15) is 88.0 Å². The van der Waals surface area contributed by atoms with Crippen LogP contribution in [0.4, 0.5) is 0 Å². The van der Waals surface area contributed by atoms with Gasteiger partial charge < -0.3 is 0 Å². The van der Waals surface area contributed by atoms with Gasteiger partial charge in [-0.25, -0.2) is 0 Å². The summed E-state index contributed by atoms with van der Waals surface area (Å²) >= 11 is 0. The second-order valence-electron chi connectivity index (χ2n) is 2.47. The SMILES string of the molecule is C=C.CC.CC.CC.CCCC(CC)CC. The Hall–Kier alpha value is -0.260. The minimum absolute atomic E-state index is 1.000. The van der Waals surface area contributed by atoms with Crippen molar-refractivity contribution in [3.63, 3.8) is 0 Å². The molecule has 0 spiro atoms. The van der Waals surface area contributed by atoms with Crippen molar-refractivity contribution < 1.29 is 0 Å². The lowest BCUT2D eigenvalue weighted by molar-refractivity contribution is 0.451. The molecule has 0 fully saturated rings. The van der Waals surface area contributed by atoms with Crippen molar-refractivity contribution in [2.45, 2.75) is 88.0 Å². The van der Waals surface area contributed by atoms with Gasteiger partial charge in [-0.15, -0.1) is 13.2 Å². The summed E-state index contributed by atoms with van der Waals surface area (Å²) in [7, 11) is 0. The average molecular weight is 232 g/mol. The Kier molecular flexibility index (Phi) is 114. The van der Waals surface area contributed by atoms with Gasteiger partial charge >= 0.3 is 0 Å². The van der Waals surface area contributed by atoms with Gasteiger partial charge in [0.2, 0.25) is 0 Å². The second-order valence-corrected chi connectivity index (χ2v) is 2.47. The van der Waals surface area contributed by atoms with E-state index in [1.54, 1.807) is 0 Å². The highest BCUT2D eigenvalue weighted by Crippen LogP contribution is 2.13. The van der Waals surface area contributed by atoms with Crippen LogP contribution in [0, 0.1) is 5.92 Å². The van der Waals surface area contributed by atoms with E-state index in [1.807, 2.05) is 41.5 Å². The molecule has 0 atom stereocenters. The van der Waals surface area contributed by atoms with E-state index in [1.165, 1.54) is 25.7 Å². The highest BCUT2D eigenvalue weighted by molar-refractivity contribution is 4.51. The van der Waals surface area contributed by atoms with Crippen LogP contribution in [-0.2, 0) is 0 Å². The van der Waals surface area contributed by atoms with Crippen LogP contribution in [0.15, 0.2) is 13.2 Å². The molecule has 0 bridgehead atoms. The van der Waals surface area contributed by atoms with E-state index in [0.29, 0.717) is 0 Å². The predicted molar refractivity (Wildman–Crippen MR) is 84.3 cm³/mol. The van der Waals surface area contributed by atoms with Crippen LogP contribution >= 0.6 is 0 Å². The largest absolute Gasteiger partial charge is 0.106 e. The van der Waals surface area contributed by atoms with Crippen LogP contribution in [0.2, 0.25) is 0 Å². The quantitative estimate of drug-likeness (QED) is 0.453. The van der Waals surface area contributed by atoms with Gasteiger partial charge in [0.05, 0.1) is 0 Å². The molecule has 0 aromatic carbocycles. The topological polar surface area (TPSA) is 0 Å². The van der Waals surface area contributed by atoms with Gasteiger partial charge in [0.25, 0.3) is 0 Å². The lowest BCUT2D eigenvalue weighted by Gasteiger charge is -2.08. The summed E-state index contributed by atoms with van der Waals surface area (Å²) in [5.74, 6) is 1.000. The summed E-state index contributed by atoms with van der Waals surface area (Å²) in [5, 5.41) is 0. The molecule has 0 aromatic rings. The first-order valence-corrected chi connectivity index (χ1v) is 7.35. The molecular formula is C16H40. The van der Waals surface area contributed by atoms with Gasteiger partial charge in [0, 0.05) is 0 Å². The van der Waals surface area contributed by atoms with Crippen LogP contribution in [0.5, 0.6) is 0 Å². The third kappa shape index (κ3) is 49.1. The molecule has 0 aliphatic rings. The first-order chi connectivity index (χ1) is 7.85. The van der Waals surface area contributed by atoms with E-state index in [-0.39, 0.29) is 0 Å². The molecule has 0 saturated heterocycles. The standard InChI is InChI=1S/C8H18.3C2H6.C2H4/c1-4-7-8(5-2)6-3;4*1-2/h8H,4-7H2,1-3H3;3*1-2H3;1-2H2. The summed E-state index contributed by atoms with van der Waals surface area (Å²) in [5.41, 5.74) is 0. The molecule has 0 heterocycles. The van der Waals surface area contributed by atoms with Crippen molar-refractivity contribution in [2.24, 2.45) is 5.92 Å². The zero-order valence-corrected chi connectivity index (χ0v) is 13.8. The highest BCUT2D eigenvalue weighted by Gasteiger charge is 1.98. The fourth-order valence-electron chi connectivity index (χ4n) is 1.11. The molecule has 0 saturated carbocycles. The maximum Gasteiger partial charge on any atom is -0.0420 e. The van der Waals surface area contributed by atoms with Crippen molar-refractivity contribution in [3.8, 4) is 0 Å². The zero-order chi connectivity index (χ0) is 14.4. The minimum Gasteiger partial charge on any atom is -0.106 e. The van der Waals surface area contributed by atoms with E-state index in [4.69, 9.17) is 0 Å². The monoisotopic (exact) mass is 232 g/mol. The number of hydrogen-bond donors (Lipinski definition) is 0. The van der Waals surface area contributed by atoms with Gasteiger partial charge in [0.1, 0.15) is 0 Å². The summed E-state index contributed by atoms with van der Waals surface area (Å²) in [6.07, 6.45) is 5.51. The van der Waals surface area contributed by atoms with E-state index < -0.39 is 0 Å². The van der Waals surface area contributed by atoms with Crippen molar-refractivity contribution in [1.82, 2.24) is 0 Å². The Morgan fingerprint density at radius 1 is 0.688 bits per heavy atom. The average Bonchev–Trinajstić information content (AvgIpc) is 2.45. The third-order valence-corrected chi connectivity index (χ3v) is 1.85. The molecule has 0 heteroatoms. The van der Waals surface area contributed by atoms with Crippen molar-refractivity contribution in [2.75, 3.05) is 0 Å². The second kappa shape index (κ2) is 61.3. The molecule has 0 nitrogen and oxygen atoms in total. The van der Waals surface area contributed by atoms with Crippen LogP contribution in [0.25, 0.3) is 0 Å². The zero-order valence-electron chi connectivity index (χ0n) is 13.8. The first kappa shape index (κ1) is 29.6. The lowest BCUT2D eigenvalue weighted by atomic mass is 9.98. The van der Waals surface area contributed by atoms with E-state index in [2.05, 4.69) is 33.9 Å². The van der Waals surface area contributed by atoms with E-state index >= 15 is 0 Å². The summed E-state index contributed by atoms with van der Waals surface area (Å²) in [6.45, 7) is 24.8. The Morgan fingerprint density at radius 3 is 1.00 bits per heavy atom. The molecule has 0 aliphatic heterocycles. The van der Waals surface area contributed by atoms with Crippen molar-refractivity contribution >= 4 is 0 Å². The molecule has 0 rings (SSSR count). The fourth-order valence-corrected chi connectivity index (χ4v) is 1.11. The number of hydrogen-bond acceptors (Lipinski definition) is 0. The Bertz CT molecular complexity index is 44.0.